The van der Waals surface area contributed by atoms with Crippen molar-refractivity contribution in [2.45, 2.75) is 20.0 Å². The van der Waals surface area contributed by atoms with Crippen molar-refractivity contribution in [1.82, 2.24) is 0 Å². The zero-order chi connectivity index (χ0) is 14.0. The second kappa shape index (κ2) is 6.04. The van der Waals surface area contributed by atoms with Gasteiger partial charge in [-0.05, 0) is 49.2 Å². The van der Waals surface area contributed by atoms with Gasteiger partial charge in [-0.2, -0.15) is 0 Å². The van der Waals surface area contributed by atoms with Crippen molar-refractivity contribution in [2.24, 2.45) is 0 Å². The van der Waals surface area contributed by atoms with Crippen molar-refractivity contribution in [3.63, 3.8) is 0 Å². The molecule has 0 heterocycles. The van der Waals surface area contributed by atoms with Crippen molar-refractivity contribution in [1.29, 1.82) is 0 Å². The van der Waals surface area contributed by atoms with Gasteiger partial charge in [0.25, 0.3) is 0 Å². The van der Waals surface area contributed by atoms with Gasteiger partial charge in [-0.25, -0.2) is 0 Å². The molecule has 0 spiro atoms. The summed E-state index contributed by atoms with van der Waals surface area (Å²) < 4.78 is 5.85. The molecule has 1 atom stereocenters. The summed E-state index contributed by atoms with van der Waals surface area (Å²) in [5, 5.41) is 1.74. The van der Waals surface area contributed by atoms with Gasteiger partial charge in [0.1, 0.15) is 6.10 Å². The minimum absolute atomic E-state index is 0.157. The third kappa shape index (κ3) is 3.56. The predicted molar refractivity (Wildman–Crippen MR) is 81.7 cm³/mol. The van der Waals surface area contributed by atoms with E-state index in [1.54, 1.807) is 0 Å². The van der Waals surface area contributed by atoms with E-state index in [9.17, 15) is 0 Å². The van der Waals surface area contributed by atoms with E-state index in [4.69, 9.17) is 39.5 Å². The van der Waals surface area contributed by atoms with Crippen molar-refractivity contribution in [2.75, 3.05) is 0 Å². The SMILES string of the molecule is Cc1cc(Cl)c(OC(C)c2ccc(Cl)cc2)c(Cl)c1. The van der Waals surface area contributed by atoms with Gasteiger partial charge in [0.05, 0.1) is 10.0 Å². The zero-order valence-electron chi connectivity index (χ0n) is 10.6. The lowest BCUT2D eigenvalue weighted by Gasteiger charge is -2.17. The summed E-state index contributed by atoms with van der Waals surface area (Å²) in [5.41, 5.74) is 2.01. The van der Waals surface area contributed by atoms with Crippen LogP contribution in [0.15, 0.2) is 36.4 Å². The van der Waals surface area contributed by atoms with Crippen LogP contribution >= 0.6 is 34.8 Å². The summed E-state index contributed by atoms with van der Waals surface area (Å²) in [6.07, 6.45) is -0.157. The minimum atomic E-state index is -0.157. The Morgan fingerprint density at radius 3 is 2.00 bits per heavy atom. The molecule has 2 aromatic rings. The van der Waals surface area contributed by atoms with E-state index in [0.717, 1.165) is 11.1 Å². The number of rotatable bonds is 3. The average Bonchev–Trinajstić information content (AvgIpc) is 2.34. The third-order valence-corrected chi connectivity index (χ3v) is 3.59. The van der Waals surface area contributed by atoms with E-state index in [1.807, 2.05) is 50.2 Å². The van der Waals surface area contributed by atoms with E-state index < -0.39 is 0 Å². The van der Waals surface area contributed by atoms with Gasteiger partial charge >= 0.3 is 0 Å². The fraction of sp³-hybridized carbons (Fsp3) is 0.200. The highest BCUT2D eigenvalue weighted by Gasteiger charge is 2.13. The number of halogens is 3. The second-order valence-corrected chi connectivity index (χ2v) is 5.62. The molecule has 0 N–H and O–H groups in total. The van der Waals surface area contributed by atoms with E-state index in [2.05, 4.69) is 0 Å². The molecule has 0 bridgehead atoms. The van der Waals surface area contributed by atoms with Crippen molar-refractivity contribution >= 4 is 34.8 Å². The highest BCUT2D eigenvalue weighted by molar-refractivity contribution is 6.37. The Kier molecular flexibility index (Phi) is 4.62. The van der Waals surface area contributed by atoms with Crippen LogP contribution in [0.5, 0.6) is 5.75 Å². The highest BCUT2D eigenvalue weighted by Crippen LogP contribution is 2.37. The first kappa shape index (κ1) is 14.5. The molecule has 2 aromatic carbocycles. The van der Waals surface area contributed by atoms with Crippen LogP contribution in [0.4, 0.5) is 0 Å². The van der Waals surface area contributed by atoms with Gasteiger partial charge in [0, 0.05) is 5.02 Å². The number of benzene rings is 2. The molecular weight excluding hydrogens is 303 g/mol. The monoisotopic (exact) mass is 314 g/mol. The average molecular weight is 316 g/mol. The molecule has 0 aromatic heterocycles. The van der Waals surface area contributed by atoms with E-state index in [0.29, 0.717) is 20.8 Å². The van der Waals surface area contributed by atoms with E-state index in [-0.39, 0.29) is 6.10 Å². The first-order valence-corrected chi connectivity index (χ1v) is 6.98. The number of hydrogen-bond acceptors (Lipinski definition) is 1. The Balaban J connectivity index is 2.24. The van der Waals surface area contributed by atoms with Crippen molar-refractivity contribution < 1.29 is 4.74 Å². The molecule has 1 unspecified atom stereocenters. The lowest BCUT2D eigenvalue weighted by molar-refractivity contribution is 0.227. The van der Waals surface area contributed by atoms with E-state index in [1.165, 1.54) is 0 Å². The Morgan fingerprint density at radius 1 is 0.947 bits per heavy atom. The Labute approximate surface area is 128 Å². The molecule has 1 nitrogen and oxygen atoms in total. The molecule has 100 valence electrons. The topological polar surface area (TPSA) is 9.23 Å². The van der Waals surface area contributed by atoms with Gasteiger partial charge in [-0.1, -0.05) is 46.9 Å². The standard InChI is InChI=1S/C15H13Cl3O/c1-9-7-13(17)15(14(18)8-9)19-10(2)11-3-5-12(16)6-4-11/h3-8,10H,1-2H3. The lowest BCUT2D eigenvalue weighted by Crippen LogP contribution is -2.03. The van der Waals surface area contributed by atoms with Crippen LogP contribution in [0.3, 0.4) is 0 Å². The summed E-state index contributed by atoms with van der Waals surface area (Å²) >= 11 is 18.2. The highest BCUT2D eigenvalue weighted by atomic mass is 35.5. The molecule has 2 rings (SSSR count). The molecule has 4 heteroatoms. The molecule has 0 amide bonds. The molecule has 0 radical (unpaired) electrons. The van der Waals surface area contributed by atoms with Gasteiger partial charge in [0.15, 0.2) is 5.75 Å². The third-order valence-electron chi connectivity index (χ3n) is 2.78. The smallest absolute Gasteiger partial charge is 0.157 e. The largest absolute Gasteiger partial charge is 0.483 e. The molecule has 0 aliphatic rings. The summed E-state index contributed by atoms with van der Waals surface area (Å²) in [6, 6.07) is 11.2. The molecule has 19 heavy (non-hydrogen) atoms. The van der Waals surface area contributed by atoms with Crippen molar-refractivity contribution in [3.05, 3.63) is 62.6 Å². The molecule has 0 saturated heterocycles. The summed E-state index contributed by atoms with van der Waals surface area (Å²) in [5.74, 6) is 0.511. The van der Waals surface area contributed by atoms with Crippen LogP contribution in [-0.4, -0.2) is 0 Å². The molecular formula is C15H13Cl3O. The van der Waals surface area contributed by atoms with Crippen LogP contribution in [0.25, 0.3) is 0 Å². The number of ether oxygens (including phenoxy) is 1. The second-order valence-electron chi connectivity index (χ2n) is 4.37. The fourth-order valence-corrected chi connectivity index (χ4v) is 2.59. The Hall–Kier alpha value is -0.890. The zero-order valence-corrected chi connectivity index (χ0v) is 12.9. The maximum Gasteiger partial charge on any atom is 0.157 e. The summed E-state index contributed by atoms with van der Waals surface area (Å²) in [6.45, 7) is 3.87. The number of hydrogen-bond donors (Lipinski definition) is 0. The molecule has 0 fully saturated rings. The van der Waals surface area contributed by atoms with Crippen LogP contribution < -0.4 is 4.74 Å². The Morgan fingerprint density at radius 2 is 1.47 bits per heavy atom. The number of aryl methyl sites for hydroxylation is 1. The Bertz CT molecular complexity index is 555. The van der Waals surface area contributed by atoms with Gasteiger partial charge in [-0.15, -0.1) is 0 Å². The summed E-state index contributed by atoms with van der Waals surface area (Å²) in [7, 11) is 0. The maximum absolute atomic E-state index is 6.16. The predicted octanol–water partition coefficient (Wildman–Crippen LogP) is 6.10. The minimum Gasteiger partial charge on any atom is -0.483 e. The van der Waals surface area contributed by atoms with Crippen LogP contribution in [0.1, 0.15) is 24.2 Å². The molecule has 0 saturated carbocycles. The quantitative estimate of drug-likeness (QED) is 0.665. The maximum atomic E-state index is 6.16. The van der Waals surface area contributed by atoms with E-state index >= 15 is 0 Å². The van der Waals surface area contributed by atoms with Crippen LogP contribution in [0.2, 0.25) is 15.1 Å². The lowest BCUT2D eigenvalue weighted by atomic mass is 10.1. The molecule has 0 aliphatic carbocycles. The van der Waals surface area contributed by atoms with Gasteiger partial charge < -0.3 is 4.74 Å². The first-order valence-electron chi connectivity index (χ1n) is 5.85. The van der Waals surface area contributed by atoms with Crippen molar-refractivity contribution in [3.8, 4) is 5.75 Å². The van der Waals surface area contributed by atoms with Crippen LogP contribution in [-0.2, 0) is 0 Å². The summed E-state index contributed by atoms with van der Waals surface area (Å²) in [4.78, 5) is 0. The van der Waals surface area contributed by atoms with Gasteiger partial charge in [-0.3, -0.25) is 0 Å². The fourth-order valence-electron chi connectivity index (χ4n) is 1.78. The van der Waals surface area contributed by atoms with Crippen LogP contribution in [0, 0.1) is 6.92 Å². The van der Waals surface area contributed by atoms with Gasteiger partial charge in [0.2, 0.25) is 0 Å². The normalized spacial score (nSPS) is 12.3. The first-order chi connectivity index (χ1) is 8.97. The molecule has 0 aliphatic heterocycles.